The fourth-order valence-corrected chi connectivity index (χ4v) is 7.41. The Morgan fingerprint density at radius 2 is 1.81 bits per heavy atom. The van der Waals surface area contributed by atoms with Crippen LogP contribution in [0.4, 0.5) is 0 Å². The second-order valence-electron chi connectivity index (χ2n) is 13.8. The third-order valence-electron chi connectivity index (χ3n) is 8.08. The van der Waals surface area contributed by atoms with Crippen LogP contribution < -0.4 is 10.6 Å². The quantitative estimate of drug-likeness (QED) is 0.421. The molecule has 6 atom stereocenters. The number of amides is 3. The van der Waals surface area contributed by atoms with E-state index in [1.165, 1.54) is 0 Å². The minimum atomic E-state index is -1.08. The van der Waals surface area contributed by atoms with Crippen molar-refractivity contribution in [2.45, 2.75) is 123 Å². The first kappa shape index (κ1) is 28.9. The van der Waals surface area contributed by atoms with Crippen molar-refractivity contribution in [1.29, 1.82) is 0 Å². The van der Waals surface area contributed by atoms with Crippen molar-refractivity contribution < 1.29 is 24.2 Å². The molecule has 8 heteroatoms. The summed E-state index contributed by atoms with van der Waals surface area (Å²) in [6.45, 7) is 18.6. The summed E-state index contributed by atoms with van der Waals surface area (Å²) in [6.07, 6.45) is 3.24. The fourth-order valence-electron chi connectivity index (χ4n) is 7.41. The first-order chi connectivity index (χ1) is 16.5. The molecule has 1 spiro atoms. The third kappa shape index (κ3) is 5.17. The van der Waals surface area contributed by atoms with Crippen LogP contribution in [0.2, 0.25) is 0 Å². The van der Waals surface area contributed by atoms with Gasteiger partial charge < -0.3 is 25.4 Å². The Bertz CT molecular complexity index is 866. The molecule has 206 valence electrons. The number of fused-ring (bicyclic) bond motifs is 1. The van der Waals surface area contributed by atoms with Gasteiger partial charge in [-0.25, -0.2) is 0 Å². The predicted molar refractivity (Wildman–Crippen MR) is 139 cm³/mol. The molecule has 0 aromatic rings. The molecule has 3 saturated heterocycles. The van der Waals surface area contributed by atoms with E-state index in [9.17, 15) is 19.5 Å². The number of hydrogen-bond donors (Lipinski definition) is 3. The van der Waals surface area contributed by atoms with Crippen LogP contribution in [0.1, 0.15) is 94.4 Å². The second-order valence-corrected chi connectivity index (χ2v) is 13.8. The van der Waals surface area contributed by atoms with E-state index in [4.69, 9.17) is 4.74 Å². The summed E-state index contributed by atoms with van der Waals surface area (Å²) in [6, 6.07) is -1.41. The van der Waals surface area contributed by atoms with Crippen LogP contribution in [0.5, 0.6) is 0 Å². The number of nitrogens with one attached hydrogen (secondary N) is 2. The fraction of sp³-hybridized carbons (Fsp3) is 0.893. The molecule has 0 saturated carbocycles. The normalized spacial score (nSPS) is 32.7. The van der Waals surface area contributed by atoms with Crippen LogP contribution in [0.3, 0.4) is 0 Å². The van der Waals surface area contributed by atoms with Gasteiger partial charge in [0.15, 0.2) is 0 Å². The SMILES string of the molecule is CCCNC(=O)[C@@H]1[C@H]2C(=O)N([C@@H](CO)CC(C)C)C(C(=O)NC(C)(C)CC(C)(C)C)C23CC[C@@]1(C)O3. The number of hydrogen-bond acceptors (Lipinski definition) is 5. The maximum Gasteiger partial charge on any atom is 0.246 e. The first-order valence-electron chi connectivity index (χ1n) is 13.7. The lowest BCUT2D eigenvalue weighted by molar-refractivity contribution is -0.150. The zero-order valence-corrected chi connectivity index (χ0v) is 23.9. The summed E-state index contributed by atoms with van der Waals surface area (Å²) < 4.78 is 6.67. The van der Waals surface area contributed by atoms with Crippen LogP contribution in [0, 0.1) is 23.2 Å². The molecular weight excluding hydrogens is 458 g/mol. The molecule has 2 bridgehead atoms. The Labute approximate surface area is 217 Å². The minimum Gasteiger partial charge on any atom is -0.394 e. The van der Waals surface area contributed by atoms with E-state index in [1.54, 1.807) is 4.90 Å². The van der Waals surface area contributed by atoms with Crippen molar-refractivity contribution in [3.05, 3.63) is 0 Å². The number of likely N-dealkylation sites (tertiary alicyclic amines) is 1. The van der Waals surface area contributed by atoms with Crippen LogP contribution in [0.25, 0.3) is 0 Å². The number of carbonyl (C=O) groups is 3. The molecule has 36 heavy (non-hydrogen) atoms. The predicted octanol–water partition coefficient (Wildman–Crippen LogP) is 3.02. The highest BCUT2D eigenvalue weighted by Gasteiger charge is 2.78. The average molecular weight is 508 g/mol. The highest BCUT2D eigenvalue weighted by Crippen LogP contribution is 2.63. The standard InChI is InChI=1S/C28H49N3O5/c1-10-13-29-22(33)19-20-24(35)31(18(15-32)14-17(2)3)21(28(20)12-11-27(19,9)36-28)23(34)30-26(7,8)16-25(4,5)6/h17-21,32H,10-16H2,1-9H3,(H,29,33)(H,30,34)/t18-,19+,20+,21?,27-,28?/m1/s1. The molecule has 3 N–H and O–H groups in total. The Hall–Kier alpha value is -1.67. The van der Waals surface area contributed by atoms with E-state index in [-0.39, 0.29) is 35.7 Å². The molecule has 2 unspecified atom stereocenters. The number of carbonyl (C=O) groups excluding carboxylic acids is 3. The van der Waals surface area contributed by atoms with E-state index in [0.29, 0.717) is 25.8 Å². The van der Waals surface area contributed by atoms with Gasteiger partial charge >= 0.3 is 0 Å². The Kier molecular flexibility index (Phi) is 7.94. The molecule has 3 fully saturated rings. The Balaban J connectivity index is 2.06. The van der Waals surface area contributed by atoms with Crippen LogP contribution in [0.15, 0.2) is 0 Å². The summed E-state index contributed by atoms with van der Waals surface area (Å²) in [5.41, 5.74) is -2.39. The Morgan fingerprint density at radius 3 is 2.33 bits per heavy atom. The third-order valence-corrected chi connectivity index (χ3v) is 8.08. The average Bonchev–Trinajstić information content (AvgIpc) is 3.28. The van der Waals surface area contributed by atoms with Gasteiger partial charge in [0, 0.05) is 12.1 Å². The summed E-state index contributed by atoms with van der Waals surface area (Å²) >= 11 is 0. The van der Waals surface area contributed by atoms with Crippen LogP contribution in [-0.2, 0) is 19.1 Å². The van der Waals surface area contributed by atoms with Gasteiger partial charge in [-0.3, -0.25) is 14.4 Å². The maximum absolute atomic E-state index is 14.2. The molecule has 3 aliphatic heterocycles. The van der Waals surface area contributed by atoms with Crippen molar-refractivity contribution in [3.63, 3.8) is 0 Å². The monoisotopic (exact) mass is 507 g/mol. The van der Waals surface area contributed by atoms with Crippen LogP contribution >= 0.6 is 0 Å². The molecule has 3 aliphatic rings. The molecule has 0 aromatic carbocycles. The summed E-state index contributed by atoms with van der Waals surface area (Å²) in [4.78, 5) is 43.2. The van der Waals surface area contributed by atoms with Gasteiger partial charge in [-0.05, 0) is 64.2 Å². The summed E-state index contributed by atoms with van der Waals surface area (Å²) in [5.74, 6) is -1.88. The highest BCUT2D eigenvalue weighted by atomic mass is 16.5. The van der Waals surface area contributed by atoms with Crippen molar-refractivity contribution in [2.24, 2.45) is 23.2 Å². The molecule has 0 aromatic heterocycles. The van der Waals surface area contributed by atoms with Crippen molar-refractivity contribution in [1.82, 2.24) is 15.5 Å². The van der Waals surface area contributed by atoms with Crippen molar-refractivity contribution in [3.8, 4) is 0 Å². The van der Waals surface area contributed by atoms with Gasteiger partial charge in [-0.2, -0.15) is 0 Å². The topological polar surface area (TPSA) is 108 Å². The largest absolute Gasteiger partial charge is 0.394 e. The molecule has 0 radical (unpaired) electrons. The van der Waals surface area contributed by atoms with Gasteiger partial charge in [-0.15, -0.1) is 0 Å². The lowest BCUT2D eigenvalue weighted by Crippen LogP contribution is -2.61. The molecule has 3 amide bonds. The smallest absolute Gasteiger partial charge is 0.246 e. The number of aliphatic hydroxyl groups excluding tert-OH is 1. The highest BCUT2D eigenvalue weighted by molar-refractivity contribution is 5.99. The first-order valence-corrected chi connectivity index (χ1v) is 13.7. The lowest BCUT2D eigenvalue weighted by atomic mass is 9.66. The maximum atomic E-state index is 14.2. The second kappa shape index (κ2) is 9.90. The minimum absolute atomic E-state index is 0.00763. The molecular formula is C28H49N3O5. The number of rotatable bonds is 10. The summed E-state index contributed by atoms with van der Waals surface area (Å²) in [7, 11) is 0. The zero-order chi connectivity index (χ0) is 27.3. The van der Waals surface area contributed by atoms with E-state index in [0.717, 1.165) is 12.8 Å². The Morgan fingerprint density at radius 1 is 1.17 bits per heavy atom. The van der Waals surface area contributed by atoms with Gasteiger partial charge in [0.2, 0.25) is 17.7 Å². The number of ether oxygens (including phenoxy) is 1. The van der Waals surface area contributed by atoms with Gasteiger partial charge in [0.1, 0.15) is 11.6 Å². The lowest BCUT2D eigenvalue weighted by Gasteiger charge is -2.40. The molecule has 3 rings (SSSR count). The van der Waals surface area contributed by atoms with E-state index in [2.05, 4.69) is 31.4 Å². The zero-order valence-electron chi connectivity index (χ0n) is 23.9. The molecule has 8 nitrogen and oxygen atoms in total. The van der Waals surface area contributed by atoms with Crippen molar-refractivity contribution >= 4 is 17.7 Å². The number of aliphatic hydroxyl groups is 1. The van der Waals surface area contributed by atoms with Crippen molar-refractivity contribution in [2.75, 3.05) is 13.2 Å². The molecule has 0 aliphatic carbocycles. The van der Waals surface area contributed by atoms with E-state index < -0.39 is 40.7 Å². The van der Waals surface area contributed by atoms with Gasteiger partial charge in [0.25, 0.3) is 0 Å². The van der Waals surface area contributed by atoms with Gasteiger partial charge in [0.05, 0.1) is 30.1 Å². The van der Waals surface area contributed by atoms with E-state index >= 15 is 0 Å². The molecule has 3 heterocycles. The number of nitrogens with zero attached hydrogens (tertiary/aromatic N) is 1. The van der Waals surface area contributed by atoms with Gasteiger partial charge in [-0.1, -0.05) is 41.5 Å². The van der Waals surface area contributed by atoms with Crippen LogP contribution in [-0.4, -0.2) is 69.7 Å². The summed E-state index contributed by atoms with van der Waals surface area (Å²) in [5, 5.41) is 16.6. The van der Waals surface area contributed by atoms with E-state index in [1.807, 2.05) is 41.5 Å².